The van der Waals surface area contributed by atoms with Crippen molar-refractivity contribution in [1.29, 1.82) is 0 Å². The molecular weight excluding hydrogens is 292 g/mol. The van der Waals surface area contributed by atoms with Gasteiger partial charge in [0.05, 0.1) is 11.0 Å². The molecule has 0 unspecified atom stereocenters. The van der Waals surface area contributed by atoms with Crippen molar-refractivity contribution in [3.8, 4) is 11.4 Å². The first-order chi connectivity index (χ1) is 11.6. The van der Waals surface area contributed by atoms with Gasteiger partial charge in [-0.3, -0.25) is 0 Å². The summed E-state index contributed by atoms with van der Waals surface area (Å²) in [5, 5.41) is 0. The van der Waals surface area contributed by atoms with Crippen LogP contribution in [0.5, 0.6) is 0 Å². The monoisotopic (exact) mass is 318 g/mol. The fraction of sp³-hybridized carbons (Fsp3) is 0.318. The zero-order valence-electron chi connectivity index (χ0n) is 15.0. The van der Waals surface area contributed by atoms with Crippen LogP contribution in [0.4, 0.5) is 0 Å². The Labute approximate surface area is 144 Å². The van der Waals surface area contributed by atoms with E-state index in [0.29, 0.717) is 0 Å². The molecule has 3 rings (SSSR count). The van der Waals surface area contributed by atoms with Gasteiger partial charge in [0.25, 0.3) is 0 Å². The Bertz CT molecular complexity index is 854. The third kappa shape index (κ3) is 3.43. The lowest BCUT2D eigenvalue weighted by Gasteiger charge is -2.11. The molecule has 2 heteroatoms. The molecule has 0 N–H and O–H groups in total. The highest BCUT2D eigenvalue weighted by Crippen LogP contribution is 2.27. The number of benzene rings is 2. The SMILES string of the molecule is C=C(CCC)CCn1c(-c2ccc(C)cc2)nc2ccc(C)cc21. The molecular formula is C22H26N2. The van der Waals surface area contributed by atoms with Gasteiger partial charge in [-0.25, -0.2) is 4.98 Å². The summed E-state index contributed by atoms with van der Waals surface area (Å²) in [5.74, 6) is 1.06. The summed E-state index contributed by atoms with van der Waals surface area (Å²) in [6.07, 6.45) is 3.27. The normalized spacial score (nSPS) is 11.1. The lowest BCUT2D eigenvalue weighted by atomic mass is 10.1. The Hall–Kier alpha value is -2.35. The van der Waals surface area contributed by atoms with E-state index in [0.717, 1.165) is 37.1 Å². The molecule has 1 aromatic heterocycles. The summed E-state index contributed by atoms with van der Waals surface area (Å²) in [6.45, 7) is 11.6. The van der Waals surface area contributed by atoms with Crippen molar-refractivity contribution in [2.45, 2.75) is 46.6 Å². The average Bonchev–Trinajstić information content (AvgIpc) is 2.91. The van der Waals surface area contributed by atoms with E-state index >= 15 is 0 Å². The standard InChI is InChI=1S/C22H26N2/c1-5-6-16(2)13-14-24-21-15-18(4)9-12-20(21)23-22(24)19-10-7-17(3)8-11-19/h7-12,15H,2,5-6,13-14H2,1,3-4H3. The van der Waals surface area contributed by atoms with Crippen LogP contribution in [0.1, 0.15) is 37.3 Å². The van der Waals surface area contributed by atoms with E-state index in [1.807, 2.05) is 0 Å². The summed E-state index contributed by atoms with van der Waals surface area (Å²) < 4.78 is 2.36. The third-order valence-corrected chi connectivity index (χ3v) is 4.51. The van der Waals surface area contributed by atoms with Gasteiger partial charge < -0.3 is 4.57 Å². The van der Waals surface area contributed by atoms with Gasteiger partial charge >= 0.3 is 0 Å². The first kappa shape index (κ1) is 16.5. The molecule has 0 aliphatic carbocycles. The molecule has 0 saturated heterocycles. The van der Waals surface area contributed by atoms with Gasteiger partial charge in [0.1, 0.15) is 5.82 Å². The van der Waals surface area contributed by atoms with Crippen LogP contribution in [-0.4, -0.2) is 9.55 Å². The minimum absolute atomic E-state index is 0.933. The number of allylic oxidation sites excluding steroid dienone is 1. The Morgan fingerprint density at radius 3 is 2.42 bits per heavy atom. The fourth-order valence-electron chi connectivity index (χ4n) is 3.13. The van der Waals surface area contributed by atoms with Gasteiger partial charge in [-0.2, -0.15) is 0 Å². The van der Waals surface area contributed by atoms with Crippen molar-refractivity contribution in [3.63, 3.8) is 0 Å². The highest BCUT2D eigenvalue weighted by Gasteiger charge is 2.13. The van der Waals surface area contributed by atoms with Gasteiger partial charge in [0, 0.05) is 12.1 Å². The zero-order chi connectivity index (χ0) is 17.1. The maximum atomic E-state index is 4.91. The van der Waals surface area contributed by atoms with Crippen molar-refractivity contribution in [2.24, 2.45) is 0 Å². The Kier molecular flexibility index (Phi) is 4.84. The number of nitrogens with zero attached hydrogens (tertiary/aromatic N) is 2. The summed E-state index contributed by atoms with van der Waals surface area (Å²) >= 11 is 0. The summed E-state index contributed by atoms with van der Waals surface area (Å²) in [4.78, 5) is 4.91. The molecule has 0 bridgehead atoms. The number of fused-ring (bicyclic) bond motifs is 1. The number of aromatic nitrogens is 2. The Balaban J connectivity index is 2.05. The minimum Gasteiger partial charge on any atom is -0.324 e. The van der Waals surface area contributed by atoms with Crippen molar-refractivity contribution in [2.75, 3.05) is 0 Å². The summed E-state index contributed by atoms with van der Waals surface area (Å²) in [7, 11) is 0. The third-order valence-electron chi connectivity index (χ3n) is 4.51. The highest BCUT2D eigenvalue weighted by molar-refractivity contribution is 5.81. The van der Waals surface area contributed by atoms with Crippen LogP contribution in [0.3, 0.4) is 0 Å². The number of imidazole rings is 1. The molecule has 0 amide bonds. The second-order valence-electron chi connectivity index (χ2n) is 6.70. The maximum Gasteiger partial charge on any atom is 0.141 e. The largest absolute Gasteiger partial charge is 0.324 e. The highest BCUT2D eigenvalue weighted by atomic mass is 15.1. The Morgan fingerprint density at radius 2 is 1.71 bits per heavy atom. The first-order valence-electron chi connectivity index (χ1n) is 8.79. The quantitative estimate of drug-likeness (QED) is 0.505. The average molecular weight is 318 g/mol. The molecule has 0 aliphatic heterocycles. The number of aryl methyl sites for hydroxylation is 3. The van der Waals surface area contributed by atoms with E-state index in [1.54, 1.807) is 0 Å². The predicted octanol–water partition coefficient (Wildman–Crippen LogP) is 6.07. The number of hydrogen-bond acceptors (Lipinski definition) is 1. The van der Waals surface area contributed by atoms with Crippen LogP contribution < -0.4 is 0 Å². The molecule has 0 radical (unpaired) electrons. The summed E-state index contributed by atoms with van der Waals surface area (Å²) in [5.41, 5.74) is 7.32. The lowest BCUT2D eigenvalue weighted by molar-refractivity contribution is 0.693. The second-order valence-corrected chi connectivity index (χ2v) is 6.70. The van der Waals surface area contributed by atoms with Crippen molar-refractivity contribution < 1.29 is 0 Å². The molecule has 24 heavy (non-hydrogen) atoms. The van der Waals surface area contributed by atoms with E-state index in [1.165, 1.54) is 27.8 Å². The van der Waals surface area contributed by atoms with E-state index in [-0.39, 0.29) is 0 Å². The van der Waals surface area contributed by atoms with Crippen LogP contribution >= 0.6 is 0 Å². The number of rotatable bonds is 6. The van der Waals surface area contributed by atoms with Crippen molar-refractivity contribution >= 4 is 11.0 Å². The molecule has 0 fully saturated rings. The Morgan fingerprint density at radius 1 is 1.00 bits per heavy atom. The van der Waals surface area contributed by atoms with E-state index in [2.05, 4.69) is 74.4 Å². The topological polar surface area (TPSA) is 17.8 Å². The molecule has 0 saturated carbocycles. The van der Waals surface area contributed by atoms with E-state index in [9.17, 15) is 0 Å². The predicted molar refractivity (Wildman–Crippen MR) is 103 cm³/mol. The van der Waals surface area contributed by atoms with Gasteiger partial charge in [-0.05, 0) is 44.4 Å². The van der Waals surface area contributed by atoms with Crippen LogP contribution in [-0.2, 0) is 6.54 Å². The van der Waals surface area contributed by atoms with E-state index in [4.69, 9.17) is 4.98 Å². The van der Waals surface area contributed by atoms with Crippen molar-refractivity contribution in [1.82, 2.24) is 9.55 Å². The van der Waals surface area contributed by atoms with Crippen LogP contribution in [0.25, 0.3) is 22.4 Å². The first-order valence-corrected chi connectivity index (χ1v) is 8.79. The molecule has 3 aromatic rings. The van der Waals surface area contributed by atoms with Gasteiger partial charge in [-0.1, -0.05) is 61.4 Å². The minimum atomic E-state index is 0.933. The number of hydrogen-bond donors (Lipinski definition) is 0. The lowest BCUT2D eigenvalue weighted by Crippen LogP contribution is -2.02. The van der Waals surface area contributed by atoms with Crippen molar-refractivity contribution in [3.05, 3.63) is 65.7 Å². The molecule has 2 nitrogen and oxygen atoms in total. The molecule has 0 aliphatic rings. The summed E-state index contributed by atoms with van der Waals surface area (Å²) in [6, 6.07) is 15.1. The molecule has 0 spiro atoms. The van der Waals surface area contributed by atoms with E-state index < -0.39 is 0 Å². The second kappa shape index (κ2) is 7.04. The van der Waals surface area contributed by atoms with Crippen LogP contribution in [0.15, 0.2) is 54.6 Å². The molecule has 2 aromatic carbocycles. The van der Waals surface area contributed by atoms with Gasteiger partial charge in [-0.15, -0.1) is 0 Å². The fourth-order valence-corrected chi connectivity index (χ4v) is 3.13. The molecule has 0 atom stereocenters. The molecule has 1 heterocycles. The van der Waals surface area contributed by atoms with Gasteiger partial charge in [0.15, 0.2) is 0 Å². The maximum absolute atomic E-state index is 4.91. The zero-order valence-corrected chi connectivity index (χ0v) is 15.0. The smallest absolute Gasteiger partial charge is 0.141 e. The molecule has 124 valence electrons. The van der Waals surface area contributed by atoms with Crippen LogP contribution in [0, 0.1) is 13.8 Å². The van der Waals surface area contributed by atoms with Crippen LogP contribution in [0.2, 0.25) is 0 Å². The van der Waals surface area contributed by atoms with Gasteiger partial charge in [0.2, 0.25) is 0 Å².